The number of rotatable bonds is 5. The summed E-state index contributed by atoms with van der Waals surface area (Å²) in [6.45, 7) is 4.72. The van der Waals surface area contributed by atoms with Crippen molar-refractivity contribution in [2.24, 2.45) is 0 Å². The summed E-state index contributed by atoms with van der Waals surface area (Å²) in [4.78, 5) is 2.50. The van der Waals surface area contributed by atoms with Crippen molar-refractivity contribution < 1.29 is 0 Å². The van der Waals surface area contributed by atoms with Gasteiger partial charge in [0.05, 0.1) is 11.4 Å². The van der Waals surface area contributed by atoms with Gasteiger partial charge in [0.2, 0.25) is 0 Å². The van der Waals surface area contributed by atoms with Gasteiger partial charge in [-0.05, 0) is 102 Å². The zero-order chi connectivity index (χ0) is 36.0. The molecule has 0 atom stereocenters. The summed E-state index contributed by atoms with van der Waals surface area (Å²) in [6.07, 6.45) is 0. The lowest BCUT2D eigenvalue weighted by atomic mass is 9.82. The largest absolute Gasteiger partial charge is 0.309 e. The normalized spacial score (nSPS) is 13.1. The fourth-order valence-corrected chi connectivity index (χ4v) is 9.52. The highest BCUT2D eigenvalue weighted by molar-refractivity contribution is 6.20. The predicted molar refractivity (Wildman–Crippen MR) is 229 cm³/mol. The van der Waals surface area contributed by atoms with Crippen LogP contribution in [0.25, 0.3) is 77.2 Å². The molecule has 9 aromatic rings. The Hall–Kier alpha value is -6.70. The molecule has 2 aliphatic rings. The minimum atomic E-state index is -0.105. The molecule has 254 valence electrons. The Labute approximate surface area is 316 Å². The summed E-state index contributed by atoms with van der Waals surface area (Å²) in [5, 5.41) is 5.11. The lowest BCUT2D eigenvalue weighted by Crippen LogP contribution is -2.16. The number of hydrogen-bond acceptors (Lipinski definition) is 1. The van der Waals surface area contributed by atoms with E-state index in [0.29, 0.717) is 0 Å². The summed E-state index contributed by atoms with van der Waals surface area (Å²) in [5.74, 6) is 0. The van der Waals surface area contributed by atoms with Gasteiger partial charge in [0.15, 0.2) is 0 Å². The van der Waals surface area contributed by atoms with E-state index in [2.05, 4.69) is 207 Å². The van der Waals surface area contributed by atoms with Gasteiger partial charge in [0.25, 0.3) is 0 Å². The van der Waals surface area contributed by atoms with E-state index in [1.54, 1.807) is 0 Å². The molecule has 1 heteroatoms. The molecule has 0 N–H and O–H groups in total. The molecule has 0 bridgehead atoms. The van der Waals surface area contributed by atoms with E-state index in [1.807, 2.05) is 0 Å². The molecule has 0 spiro atoms. The van der Waals surface area contributed by atoms with E-state index in [0.717, 1.165) is 11.4 Å². The molecule has 0 aromatic heterocycles. The first-order valence-electron chi connectivity index (χ1n) is 18.9. The number of benzene rings is 9. The third-order valence-corrected chi connectivity index (χ3v) is 12.0. The smallest absolute Gasteiger partial charge is 0.0543 e. The van der Waals surface area contributed by atoms with Gasteiger partial charge in [0.1, 0.15) is 0 Å². The Bertz CT molecular complexity index is 2920. The van der Waals surface area contributed by atoms with E-state index in [9.17, 15) is 0 Å². The first kappa shape index (κ1) is 30.9. The van der Waals surface area contributed by atoms with Crippen LogP contribution < -0.4 is 4.90 Å². The Morgan fingerprint density at radius 3 is 1.67 bits per heavy atom. The second kappa shape index (κ2) is 11.7. The van der Waals surface area contributed by atoms with Crippen molar-refractivity contribution in [2.45, 2.75) is 19.3 Å². The summed E-state index contributed by atoms with van der Waals surface area (Å²) in [6, 6.07) is 69.6. The fraction of sp³-hybridized carbons (Fsp3) is 0.0566. The number of hydrogen-bond donors (Lipinski definition) is 0. The van der Waals surface area contributed by atoms with E-state index < -0.39 is 0 Å². The summed E-state index contributed by atoms with van der Waals surface area (Å²) >= 11 is 0. The van der Waals surface area contributed by atoms with Crippen molar-refractivity contribution in [1.82, 2.24) is 0 Å². The molecular formula is C53H37N. The molecule has 9 aromatic carbocycles. The fourth-order valence-electron chi connectivity index (χ4n) is 9.52. The molecule has 1 nitrogen and oxygen atoms in total. The van der Waals surface area contributed by atoms with Crippen LogP contribution in [-0.4, -0.2) is 0 Å². The van der Waals surface area contributed by atoms with Gasteiger partial charge >= 0.3 is 0 Å². The Morgan fingerprint density at radius 1 is 0.333 bits per heavy atom. The summed E-state index contributed by atoms with van der Waals surface area (Å²) in [7, 11) is 0. The zero-order valence-electron chi connectivity index (χ0n) is 30.3. The van der Waals surface area contributed by atoms with Crippen molar-refractivity contribution in [3.8, 4) is 55.6 Å². The van der Waals surface area contributed by atoms with Gasteiger partial charge < -0.3 is 4.90 Å². The molecule has 54 heavy (non-hydrogen) atoms. The summed E-state index contributed by atoms with van der Waals surface area (Å²) in [5.41, 5.74) is 19.0. The monoisotopic (exact) mass is 687 g/mol. The predicted octanol–water partition coefficient (Wildman–Crippen LogP) is 14.8. The third kappa shape index (κ3) is 4.39. The Kier molecular flexibility index (Phi) is 6.66. The SMILES string of the molecule is CC1(C)c2ccccc2-c2c(N(c3ccc(-c4ccccc4)cc3)c3ccc(-c4ccc5c6c(cccc46)-c4ccccc4-5)c4ccccc34)cccc21. The zero-order valence-corrected chi connectivity index (χ0v) is 30.3. The maximum atomic E-state index is 2.50. The van der Waals surface area contributed by atoms with Crippen LogP contribution in [-0.2, 0) is 5.41 Å². The van der Waals surface area contributed by atoms with Gasteiger partial charge in [-0.15, -0.1) is 0 Å². The highest BCUT2D eigenvalue weighted by atomic mass is 15.1. The van der Waals surface area contributed by atoms with Gasteiger partial charge in [-0.3, -0.25) is 0 Å². The summed E-state index contributed by atoms with van der Waals surface area (Å²) < 4.78 is 0. The van der Waals surface area contributed by atoms with Gasteiger partial charge in [0, 0.05) is 22.1 Å². The van der Waals surface area contributed by atoms with Crippen molar-refractivity contribution in [2.75, 3.05) is 4.90 Å². The van der Waals surface area contributed by atoms with E-state index >= 15 is 0 Å². The molecule has 11 rings (SSSR count). The molecule has 0 heterocycles. The number of fused-ring (bicyclic) bond motifs is 7. The minimum Gasteiger partial charge on any atom is -0.309 e. The lowest BCUT2D eigenvalue weighted by Gasteiger charge is -2.30. The van der Waals surface area contributed by atoms with Gasteiger partial charge in [-0.1, -0.05) is 178 Å². The Morgan fingerprint density at radius 2 is 0.870 bits per heavy atom. The second-order valence-electron chi connectivity index (χ2n) is 15.2. The van der Waals surface area contributed by atoms with E-state index in [-0.39, 0.29) is 5.41 Å². The molecule has 0 unspecified atom stereocenters. The van der Waals surface area contributed by atoms with Crippen molar-refractivity contribution in [3.63, 3.8) is 0 Å². The van der Waals surface area contributed by atoms with Crippen LogP contribution >= 0.6 is 0 Å². The molecule has 0 aliphatic heterocycles. The average molecular weight is 688 g/mol. The second-order valence-corrected chi connectivity index (χ2v) is 15.2. The molecule has 0 saturated heterocycles. The minimum absolute atomic E-state index is 0.105. The first-order valence-corrected chi connectivity index (χ1v) is 18.9. The average Bonchev–Trinajstić information content (AvgIpc) is 3.68. The standard InChI is InChI=1S/C53H37N/c1-53(2)47-23-11-10-20-46(47)52-48(53)24-13-25-50(52)54(36-28-26-35(27-29-36)34-14-4-3-5-15-34)49-33-32-40(37-16-8-9-19-42(37)49)41-30-31-45-39-18-7-6-17-38(39)43-21-12-22-44(41)51(43)45/h3-33H,1-2H3. The lowest BCUT2D eigenvalue weighted by molar-refractivity contribution is 0.660. The van der Waals surface area contributed by atoms with Crippen LogP contribution in [0.5, 0.6) is 0 Å². The molecule has 0 radical (unpaired) electrons. The van der Waals surface area contributed by atoms with Crippen LogP contribution in [0.2, 0.25) is 0 Å². The van der Waals surface area contributed by atoms with Crippen molar-refractivity contribution in [3.05, 3.63) is 199 Å². The number of anilines is 3. The van der Waals surface area contributed by atoms with Crippen LogP contribution in [0.15, 0.2) is 188 Å². The molecule has 0 amide bonds. The van der Waals surface area contributed by atoms with Crippen LogP contribution in [0.3, 0.4) is 0 Å². The van der Waals surface area contributed by atoms with Crippen molar-refractivity contribution in [1.29, 1.82) is 0 Å². The van der Waals surface area contributed by atoms with Crippen LogP contribution in [0, 0.1) is 0 Å². The number of nitrogens with zero attached hydrogens (tertiary/aromatic N) is 1. The van der Waals surface area contributed by atoms with Gasteiger partial charge in [-0.25, -0.2) is 0 Å². The Balaban J connectivity index is 1.15. The third-order valence-electron chi connectivity index (χ3n) is 12.0. The topological polar surface area (TPSA) is 3.24 Å². The van der Waals surface area contributed by atoms with E-state index in [4.69, 9.17) is 0 Å². The molecular weight excluding hydrogens is 651 g/mol. The van der Waals surface area contributed by atoms with E-state index in [1.165, 1.54) is 94.0 Å². The van der Waals surface area contributed by atoms with Crippen LogP contribution in [0.4, 0.5) is 17.1 Å². The van der Waals surface area contributed by atoms with Crippen molar-refractivity contribution >= 4 is 38.6 Å². The molecule has 0 saturated carbocycles. The molecule has 2 aliphatic carbocycles. The maximum absolute atomic E-state index is 2.50. The first-order chi connectivity index (χ1) is 26.6. The van der Waals surface area contributed by atoms with Gasteiger partial charge in [-0.2, -0.15) is 0 Å². The maximum Gasteiger partial charge on any atom is 0.0543 e. The highest BCUT2D eigenvalue weighted by Gasteiger charge is 2.38. The van der Waals surface area contributed by atoms with Crippen LogP contribution in [0.1, 0.15) is 25.0 Å². The highest BCUT2D eigenvalue weighted by Crippen LogP contribution is 2.55. The quantitative estimate of drug-likeness (QED) is 0.174. The molecule has 0 fully saturated rings.